The largest absolute Gasteiger partial charge is 0.387 e. The van der Waals surface area contributed by atoms with Crippen molar-refractivity contribution >= 4 is 5.91 Å². The van der Waals surface area contributed by atoms with Gasteiger partial charge in [-0.15, -0.1) is 0 Å². The number of rotatable bonds is 3. The zero-order valence-electron chi connectivity index (χ0n) is 13.4. The average molecular weight is 301 g/mol. The molecule has 0 saturated carbocycles. The van der Waals surface area contributed by atoms with Crippen LogP contribution in [-0.4, -0.2) is 52.5 Å². The lowest BCUT2D eigenvalue weighted by molar-refractivity contribution is -0.134. The van der Waals surface area contributed by atoms with Crippen LogP contribution in [0.3, 0.4) is 0 Å². The number of hydrogen-bond donors (Lipinski definition) is 1. The number of hydrogen-bond acceptors (Lipinski definition) is 4. The molecule has 5 heteroatoms. The molecular weight excluding hydrogens is 278 g/mol. The molecular formula is C17H23N3O2. The van der Waals surface area contributed by atoms with Crippen LogP contribution in [-0.2, 0) is 4.79 Å². The molecule has 1 fully saturated rings. The number of amides is 1. The van der Waals surface area contributed by atoms with Crippen LogP contribution in [0.15, 0.2) is 24.3 Å². The first-order chi connectivity index (χ1) is 10.3. The summed E-state index contributed by atoms with van der Waals surface area (Å²) in [6.45, 7) is 8.41. The van der Waals surface area contributed by atoms with E-state index in [-0.39, 0.29) is 11.4 Å². The van der Waals surface area contributed by atoms with Crippen LogP contribution >= 0.6 is 0 Å². The first-order valence-electron chi connectivity index (χ1n) is 7.52. The highest BCUT2D eigenvalue weighted by Crippen LogP contribution is 2.24. The molecule has 1 atom stereocenters. The number of nitriles is 1. The number of β-amino-alcohol motifs (C(OH)–C–C–N with tert-alkyl or cyclic N) is 1. The first kappa shape index (κ1) is 16.5. The zero-order valence-corrected chi connectivity index (χ0v) is 13.4. The predicted octanol–water partition coefficient (Wildman–Crippen LogP) is 1.53. The van der Waals surface area contributed by atoms with E-state index in [4.69, 9.17) is 5.26 Å². The van der Waals surface area contributed by atoms with Gasteiger partial charge in [-0.1, -0.05) is 12.1 Å². The van der Waals surface area contributed by atoms with E-state index in [1.165, 1.54) is 0 Å². The van der Waals surface area contributed by atoms with Crippen molar-refractivity contribution in [1.82, 2.24) is 9.80 Å². The maximum Gasteiger partial charge on any atom is 0.219 e. The molecule has 1 saturated heterocycles. The summed E-state index contributed by atoms with van der Waals surface area (Å²) in [4.78, 5) is 15.6. The van der Waals surface area contributed by atoms with Crippen molar-refractivity contribution in [2.24, 2.45) is 0 Å². The Balaban J connectivity index is 2.03. The third-order valence-electron chi connectivity index (χ3n) is 4.34. The van der Waals surface area contributed by atoms with E-state index >= 15 is 0 Å². The van der Waals surface area contributed by atoms with E-state index < -0.39 is 6.10 Å². The highest BCUT2D eigenvalue weighted by atomic mass is 16.3. The summed E-state index contributed by atoms with van der Waals surface area (Å²) in [5.74, 6) is 0.0976. The maximum atomic E-state index is 11.5. The smallest absolute Gasteiger partial charge is 0.219 e. The summed E-state index contributed by atoms with van der Waals surface area (Å²) in [7, 11) is 0. The minimum Gasteiger partial charge on any atom is -0.387 e. The number of nitrogens with zero attached hydrogens (tertiary/aromatic N) is 3. The summed E-state index contributed by atoms with van der Waals surface area (Å²) < 4.78 is 0. The summed E-state index contributed by atoms with van der Waals surface area (Å²) in [6, 6.07) is 9.10. The van der Waals surface area contributed by atoms with Gasteiger partial charge < -0.3 is 10.0 Å². The van der Waals surface area contributed by atoms with E-state index in [9.17, 15) is 9.90 Å². The second kappa shape index (κ2) is 6.47. The Morgan fingerprint density at radius 2 is 2.00 bits per heavy atom. The topological polar surface area (TPSA) is 67.6 Å². The number of aliphatic hydroxyl groups excluding tert-OH is 1. The monoisotopic (exact) mass is 301 g/mol. The Hall–Kier alpha value is -1.90. The molecule has 0 aromatic heterocycles. The van der Waals surface area contributed by atoms with Gasteiger partial charge in [0.15, 0.2) is 0 Å². The van der Waals surface area contributed by atoms with Crippen LogP contribution in [0, 0.1) is 11.3 Å². The Labute approximate surface area is 131 Å². The van der Waals surface area contributed by atoms with Crippen LogP contribution in [0.4, 0.5) is 0 Å². The highest BCUT2D eigenvalue weighted by Gasteiger charge is 2.35. The third kappa shape index (κ3) is 3.65. The van der Waals surface area contributed by atoms with Crippen molar-refractivity contribution in [3.8, 4) is 6.07 Å². The minimum absolute atomic E-state index is 0.0976. The van der Waals surface area contributed by atoms with Crippen molar-refractivity contribution < 1.29 is 9.90 Å². The van der Waals surface area contributed by atoms with Gasteiger partial charge in [-0.2, -0.15) is 5.26 Å². The van der Waals surface area contributed by atoms with Gasteiger partial charge in [0, 0.05) is 38.6 Å². The molecule has 118 valence electrons. The maximum absolute atomic E-state index is 11.5. The Morgan fingerprint density at radius 1 is 1.36 bits per heavy atom. The van der Waals surface area contributed by atoms with Crippen LogP contribution in [0.5, 0.6) is 0 Å². The van der Waals surface area contributed by atoms with Crippen LogP contribution < -0.4 is 0 Å². The van der Waals surface area contributed by atoms with Gasteiger partial charge in [0.25, 0.3) is 0 Å². The van der Waals surface area contributed by atoms with Crippen molar-refractivity contribution in [2.45, 2.75) is 32.4 Å². The molecule has 1 aliphatic rings. The van der Waals surface area contributed by atoms with E-state index in [0.29, 0.717) is 25.2 Å². The Kier molecular flexibility index (Phi) is 4.84. The number of carbonyl (C=O) groups excluding carboxylic acids is 1. The first-order valence-corrected chi connectivity index (χ1v) is 7.52. The molecule has 1 aromatic rings. The lowest BCUT2D eigenvalue weighted by atomic mass is 9.97. The molecule has 1 heterocycles. The van der Waals surface area contributed by atoms with E-state index in [0.717, 1.165) is 12.1 Å². The van der Waals surface area contributed by atoms with Gasteiger partial charge in [0.1, 0.15) is 0 Å². The van der Waals surface area contributed by atoms with Crippen LogP contribution in [0.2, 0.25) is 0 Å². The lowest BCUT2D eigenvalue weighted by Gasteiger charge is -2.47. The van der Waals surface area contributed by atoms with Crippen molar-refractivity contribution in [3.63, 3.8) is 0 Å². The Morgan fingerprint density at radius 3 is 2.50 bits per heavy atom. The van der Waals surface area contributed by atoms with Gasteiger partial charge >= 0.3 is 0 Å². The summed E-state index contributed by atoms with van der Waals surface area (Å²) in [6.07, 6.45) is -0.601. The summed E-state index contributed by atoms with van der Waals surface area (Å²) in [5, 5.41) is 19.3. The standard InChI is InChI=1S/C17H23N3O2/c1-13(21)19-8-9-20(17(2,3)12-19)11-16(22)15-6-4-14(10-18)5-7-15/h4-7,16,22H,8-9,11-12H2,1-3H3. The fraction of sp³-hybridized carbons (Fsp3) is 0.529. The predicted molar refractivity (Wildman–Crippen MR) is 84.0 cm³/mol. The second-order valence-corrected chi connectivity index (χ2v) is 6.45. The molecule has 0 spiro atoms. The normalized spacial score (nSPS) is 19.5. The molecule has 1 aromatic carbocycles. The van der Waals surface area contributed by atoms with Gasteiger partial charge in [-0.3, -0.25) is 9.69 Å². The van der Waals surface area contributed by atoms with Gasteiger partial charge in [-0.25, -0.2) is 0 Å². The molecule has 0 aliphatic carbocycles. The fourth-order valence-electron chi connectivity index (χ4n) is 2.89. The Bertz CT molecular complexity index is 575. The number of piperazine rings is 1. The molecule has 2 rings (SSSR count). The zero-order chi connectivity index (χ0) is 16.3. The van der Waals surface area contributed by atoms with E-state index in [1.54, 1.807) is 31.2 Å². The molecule has 1 unspecified atom stereocenters. The van der Waals surface area contributed by atoms with E-state index in [2.05, 4.69) is 24.8 Å². The van der Waals surface area contributed by atoms with Gasteiger partial charge in [-0.05, 0) is 31.5 Å². The molecule has 22 heavy (non-hydrogen) atoms. The highest BCUT2D eigenvalue weighted by molar-refractivity contribution is 5.73. The summed E-state index contributed by atoms with van der Waals surface area (Å²) >= 11 is 0. The lowest BCUT2D eigenvalue weighted by Crippen LogP contribution is -2.60. The quantitative estimate of drug-likeness (QED) is 0.919. The summed E-state index contributed by atoms with van der Waals surface area (Å²) in [5.41, 5.74) is 1.23. The third-order valence-corrected chi connectivity index (χ3v) is 4.34. The molecule has 1 N–H and O–H groups in total. The van der Waals surface area contributed by atoms with Crippen molar-refractivity contribution in [1.29, 1.82) is 5.26 Å². The molecule has 5 nitrogen and oxygen atoms in total. The molecule has 0 radical (unpaired) electrons. The van der Waals surface area contributed by atoms with Gasteiger partial charge in [0.2, 0.25) is 5.91 Å². The molecule has 1 amide bonds. The fourth-order valence-corrected chi connectivity index (χ4v) is 2.89. The number of aliphatic hydroxyl groups is 1. The van der Waals surface area contributed by atoms with E-state index in [1.807, 2.05) is 4.90 Å². The number of carbonyl (C=O) groups is 1. The molecule has 0 bridgehead atoms. The SMILES string of the molecule is CC(=O)N1CCN(CC(O)c2ccc(C#N)cc2)C(C)(C)C1. The number of benzene rings is 1. The average Bonchev–Trinajstić information content (AvgIpc) is 2.48. The minimum atomic E-state index is -0.601. The van der Waals surface area contributed by atoms with Crippen LogP contribution in [0.1, 0.15) is 38.0 Å². The van der Waals surface area contributed by atoms with Crippen molar-refractivity contribution in [3.05, 3.63) is 35.4 Å². The second-order valence-electron chi connectivity index (χ2n) is 6.45. The van der Waals surface area contributed by atoms with Gasteiger partial charge in [0.05, 0.1) is 17.7 Å². The van der Waals surface area contributed by atoms with Crippen LogP contribution in [0.25, 0.3) is 0 Å². The van der Waals surface area contributed by atoms with Crippen molar-refractivity contribution in [2.75, 3.05) is 26.2 Å². The molecule has 1 aliphatic heterocycles.